The maximum absolute atomic E-state index is 12.2. The summed E-state index contributed by atoms with van der Waals surface area (Å²) in [6.45, 7) is 4.17. The van der Waals surface area contributed by atoms with Gasteiger partial charge in [0.05, 0.1) is 5.56 Å². The van der Waals surface area contributed by atoms with Gasteiger partial charge in [0, 0.05) is 16.9 Å². The third-order valence-corrected chi connectivity index (χ3v) is 4.72. The predicted molar refractivity (Wildman–Crippen MR) is 102 cm³/mol. The van der Waals surface area contributed by atoms with Crippen LogP contribution in [0.2, 0.25) is 0 Å². The molecular formula is C20H22BrNO3. The van der Waals surface area contributed by atoms with E-state index in [4.69, 9.17) is 4.74 Å². The minimum Gasteiger partial charge on any atom is -0.449 e. The minimum atomic E-state index is -0.854. The van der Waals surface area contributed by atoms with Gasteiger partial charge in [-0.3, -0.25) is 4.79 Å². The van der Waals surface area contributed by atoms with Gasteiger partial charge in [0.1, 0.15) is 0 Å². The van der Waals surface area contributed by atoms with Gasteiger partial charge in [-0.15, -0.1) is 0 Å². The fourth-order valence-electron chi connectivity index (χ4n) is 2.49. The molecule has 0 aliphatic rings. The maximum atomic E-state index is 12.2. The van der Waals surface area contributed by atoms with E-state index in [-0.39, 0.29) is 11.8 Å². The Bertz CT molecular complexity index is 718. The fraction of sp³-hybridized carbons (Fsp3) is 0.300. The van der Waals surface area contributed by atoms with Crippen LogP contribution in [0.15, 0.2) is 59.1 Å². The van der Waals surface area contributed by atoms with Gasteiger partial charge >= 0.3 is 5.97 Å². The van der Waals surface area contributed by atoms with Crippen molar-refractivity contribution >= 4 is 27.8 Å². The highest BCUT2D eigenvalue weighted by atomic mass is 79.9. The van der Waals surface area contributed by atoms with E-state index >= 15 is 0 Å². The summed E-state index contributed by atoms with van der Waals surface area (Å²) in [5, 5.41) is 2.88. The molecule has 5 heteroatoms. The number of carbonyl (C=O) groups is 2. The first kappa shape index (κ1) is 19.2. The van der Waals surface area contributed by atoms with Gasteiger partial charge in [-0.1, -0.05) is 49.4 Å². The van der Waals surface area contributed by atoms with Crippen molar-refractivity contribution < 1.29 is 14.3 Å². The lowest BCUT2D eigenvalue weighted by molar-refractivity contribution is -0.129. The average Bonchev–Trinajstić information content (AvgIpc) is 2.63. The molecule has 0 aromatic heterocycles. The maximum Gasteiger partial charge on any atom is 0.340 e. The van der Waals surface area contributed by atoms with E-state index in [1.54, 1.807) is 25.1 Å². The Morgan fingerprint density at radius 3 is 2.36 bits per heavy atom. The van der Waals surface area contributed by atoms with E-state index < -0.39 is 12.1 Å². The van der Waals surface area contributed by atoms with Gasteiger partial charge in [0.15, 0.2) is 6.10 Å². The van der Waals surface area contributed by atoms with Crippen molar-refractivity contribution in [2.75, 3.05) is 6.54 Å². The SMILES string of the molecule is CC[C@@H](CNC(=O)[C@@H](C)OC(=O)c1ccccc1Br)c1ccccc1. The van der Waals surface area contributed by atoms with Gasteiger partial charge in [-0.25, -0.2) is 4.79 Å². The molecule has 0 heterocycles. The molecule has 0 unspecified atom stereocenters. The number of ether oxygens (including phenoxy) is 1. The highest BCUT2D eigenvalue weighted by Crippen LogP contribution is 2.19. The molecule has 2 rings (SSSR count). The van der Waals surface area contributed by atoms with Crippen LogP contribution in [0.3, 0.4) is 0 Å². The Hall–Kier alpha value is -2.14. The number of hydrogen-bond acceptors (Lipinski definition) is 3. The van der Waals surface area contributed by atoms with E-state index in [2.05, 4.69) is 40.3 Å². The number of esters is 1. The smallest absolute Gasteiger partial charge is 0.340 e. The first-order valence-corrected chi connectivity index (χ1v) is 9.10. The Morgan fingerprint density at radius 2 is 1.72 bits per heavy atom. The highest BCUT2D eigenvalue weighted by molar-refractivity contribution is 9.10. The molecule has 4 nitrogen and oxygen atoms in total. The Balaban J connectivity index is 1.90. The Kier molecular flexibility index (Phi) is 7.19. The lowest BCUT2D eigenvalue weighted by Gasteiger charge is -2.18. The average molecular weight is 404 g/mol. The molecule has 0 fully saturated rings. The van der Waals surface area contributed by atoms with Gasteiger partial charge in [0.25, 0.3) is 5.91 Å². The van der Waals surface area contributed by atoms with Gasteiger partial charge in [-0.2, -0.15) is 0 Å². The molecule has 2 atom stereocenters. The summed E-state index contributed by atoms with van der Waals surface area (Å²) in [5.74, 6) is -0.587. The largest absolute Gasteiger partial charge is 0.449 e. The lowest BCUT2D eigenvalue weighted by Crippen LogP contribution is -2.38. The van der Waals surface area contributed by atoms with Crippen molar-refractivity contribution in [3.63, 3.8) is 0 Å². The van der Waals surface area contributed by atoms with Crippen LogP contribution in [0.1, 0.15) is 42.1 Å². The van der Waals surface area contributed by atoms with E-state index in [0.717, 1.165) is 6.42 Å². The van der Waals surface area contributed by atoms with Crippen molar-refractivity contribution in [2.24, 2.45) is 0 Å². The molecule has 2 aromatic carbocycles. The van der Waals surface area contributed by atoms with Gasteiger partial charge in [-0.05, 0) is 47.0 Å². The zero-order valence-corrected chi connectivity index (χ0v) is 16.0. The van der Waals surface area contributed by atoms with Crippen molar-refractivity contribution in [2.45, 2.75) is 32.3 Å². The third-order valence-electron chi connectivity index (χ3n) is 4.03. The summed E-state index contributed by atoms with van der Waals surface area (Å²) in [5.41, 5.74) is 1.58. The number of benzene rings is 2. The van der Waals surface area contributed by atoms with Crippen LogP contribution >= 0.6 is 15.9 Å². The molecule has 1 amide bonds. The van der Waals surface area contributed by atoms with Gasteiger partial charge < -0.3 is 10.1 Å². The number of amides is 1. The number of carbonyl (C=O) groups excluding carboxylic acids is 2. The fourth-order valence-corrected chi connectivity index (χ4v) is 2.94. The van der Waals surface area contributed by atoms with Crippen molar-refractivity contribution in [3.8, 4) is 0 Å². The first-order chi connectivity index (χ1) is 12.0. The molecule has 0 saturated heterocycles. The summed E-state index contributed by atoms with van der Waals surface area (Å²) >= 11 is 3.31. The lowest BCUT2D eigenvalue weighted by atomic mass is 9.96. The van der Waals surface area contributed by atoms with Crippen LogP contribution in [-0.4, -0.2) is 24.5 Å². The Morgan fingerprint density at radius 1 is 1.08 bits per heavy atom. The molecule has 2 aromatic rings. The van der Waals surface area contributed by atoms with E-state index in [1.807, 2.05) is 24.3 Å². The standard InChI is InChI=1S/C20H22BrNO3/c1-3-15(16-9-5-4-6-10-16)13-22-19(23)14(2)25-20(24)17-11-7-8-12-18(17)21/h4-12,14-15H,3,13H2,1-2H3,(H,22,23)/t14-,15+/m1/s1. The van der Waals surface area contributed by atoms with Crippen LogP contribution in [0.25, 0.3) is 0 Å². The molecule has 0 aliphatic heterocycles. The third kappa shape index (κ3) is 5.43. The molecule has 0 radical (unpaired) electrons. The second-order valence-corrected chi connectivity index (χ2v) is 6.64. The summed E-state index contributed by atoms with van der Waals surface area (Å²) in [6, 6.07) is 17.0. The molecule has 0 spiro atoms. The molecule has 0 bridgehead atoms. The number of hydrogen-bond donors (Lipinski definition) is 1. The van der Waals surface area contributed by atoms with Crippen LogP contribution < -0.4 is 5.32 Å². The topological polar surface area (TPSA) is 55.4 Å². The van der Waals surface area contributed by atoms with Crippen molar-refractivity contribution in [1.82, 2.24) is 5.32 Å². The zero-order valence-electron chi connectivity index (χ0n) is 14.4. The normalized spacial score (nSPS) is 12.9. The predicted octanol–water partition coefficient (Wildman–Crippen LogP) is 4.30. The van der Waals surface area contributed by atoms with E-state index in [9.17, 15) is 9.59 Å². The quantitative estimate of drug-likeness (QED) is 0.700. The number of nitrogens with one attached hydrogen (secondary N) is 1. The first-order valence-electron chi connectivity index (χ1n) is 8.31. The molecule has 1 N–H and O–H groups in total. The molecular weight excluding hydrogens is 382 g/mol. The van der Waals surface area contributed by atoms with Crippen LogP contribution in [0.5, 0.6) is 0 Å². The Labute approximate surface area is 156 Å². The summed E-state index contributed by atoms with van der Waals surface area (Å²) in [6.07, 6.45) is 0.0583. The van der Waals surface area contributed by atoms with Crippen LogP contribution in [-0.2, 0) is 9.53 Å². The minimum absolute atomic E-state index is 0.233. The number of rotatable bonds is 7. The summed E-state index contributed by atoms with van der Waals surface area (Å²) in [4.78, 5) is 24.4. The monoisotopic (exact) mass is 403 g/mol. The van der Waals surface area contributed by atoms with E-state index in [1.165, 1.54) is 5.56 Å². The van der Waals surface area contributed by atoms with Crippen molar-refractivity contribution in [3.05, 3.63) is 70.2 Å². The zero-order chi connectivity index (χ0) is 18.2. The number of halogens is 1. The molecule has 0 saturated carbocycles. The highest BCUT2D eigenvalue weighted by Gasteiger charge is 2.21. The molecule has 25 heavy (non-hydrogen) atoms. The van der Waals surface area contributed by atoms with Gasteiger partial charge in [0.2, 0.25) is 0 Å². The van der Waals surface area contributed by atoms with Crippen LogP contribution in [0.4, 0.5) is 0 Å². The molecule has 132 valence electrons. The van der Waals surface area contributed by atoms with Crippen LogP contribution in [0, 0.1) is 0 Å². The van der Waals surface area contributed by atoms with Crippen molar-refractivity contribution in [1.29, 1.82) is 0 Å². The summed E-state index contributed by atoms with van der Waals surface area (Å²) < 4.78 is 5.91. The second-order valence-electron chi connectivity index (χ2n) is 5.79. The second kappa shape index (κ2) is 9.37. The van der Waals surface area contributed by atoms with E-state index in [0.29, 0.717) is 16.6 Å². The molecule has 0 aliphatic carbocycles. The summed E-state index contributed by atoms with van der Waals surface area (Å²) in [7, 11) is 0.